The Kier molecular flexibility index (Phi) is 7.51. The average Bonchev–Trinajstić information content (AvgIpc) is 3.36. The minimum atomic E-state index is -4.89. The Hall–Kier alpha value is -3.89. The highest BCUT2D eigenvalue weighted by atomic mass is 19.4. The van der Waals surface area contributed by atoms with Gasteiger partial charge in [0.05, 0.1) is 11.9 Å². The number of pyridine rings is 1. The summed E-state index contributed by atoms with van der Waals surface area (Å²) in [6.07, 6.45) is -1.91. The van der Waals surface area contributed by atoms with Gasteiger partial charge in [-0.25, -0.2) is 9.97 Å². The van der Waals surface area contributed by atoms with Gasteiger partial charge in [0, 0.05) is 37.7 Å². The lowest BCUT2D eigenvalue weighted by molar-refractivity contribution is -0.153. The van der Waals surface area contributed by atoms with Crippen molar-refractivity contribution in [3.8, 4) is 11.5 Å². The van der Waals surface area contributed by atoms with E-state index in [1.54, 1.807) is 42.5 Å². The SMILES string of the molecule is CC(C)C(=O)N(C)C1CCN(c2ccc(NC(=O)c3nc(-c4ccccc4)oc3C(F)(F)F)cn2)CC1. The summed E-state index contributed by atoms with van der Waals surface area (Å²) < 4.78 is 45.6. The molecule has 1 aliphatic rings. The van der Waals surface area contributed by atoms with E-state index >= 15 is 0 Å². The number of amides is 2. The van der Waals surface area contributed by atoms with Gasteiger partial charge in [-0.3, -0.25) is 9.59 Å². The Morgan fingerprint density at radius 3 is 2.35 bits per heavy atom. The van der Waals surface area contributed by atoms with Crippen molar-refractivity contribution in [2.24, 2.45) is 5.92 Å². The third kappa shape index (κ3) is 5.92. The van der Waals surface area contributed by atoms with Crippen LogP contribution >= 0.6 is 0 Å². The highest BCUT2D eigenvalue weighted by Crippen LogP contribution is 2.35. The molecule has 0 aliphatic carbocycles. The standard InChI is InChI=1S/C26H28F3N5O3/c1-16(2)25(36)33(3)19-11-13-34(14-12-19)20-10-9-18(15-30-20)31-23(35)21-22(26(27,28)29)37-24(32-21)17-7-5-4-6-8-17/h4-10,15-16,19H,11-14H2,1-3H3,(H,31,35). The Balaban J connectivity index is 1.42. The number of nitrogens with zero attached hydrogens (tertiary/aromatic N) is 4. The number of carbonyl (C=O) groups is 2. The van der Waals surface area contributed by atoms with Gasteiger partial charge in [-0.05, 0) is 37.1 Å². The number of piperidine rings is 1. The van der Waals surface area contributed by atoms with Crippen molar-refractivity contribution < 1.29 is 27.2 Å². The lowest BCUT2D eigenvalue weighted by Gasteiger charge is -2.38. The number of oxazole rings is 1. The molecule has 1 aliphatic heterocycles. The average molecular weight is 516 g/mol. The lowest BCUT2D eigenvalue weighted by atomic mass is 10.0. The van der Waals surface area contributed by atoms with Crippen LogP contribution in [0.25, 0.3) is 11.5 Å². The number of hydrogen-bond donors (Lipinski definition) is 1. The first-order valence-electron chi connectivity index (χ1n) is 12.0. The highest BCUT2D eigenvalue weighted by Gasteiger charge is 2.42. The number of halogens is 3. The first-order valence-corrected chi connectivity index (χ1v) is 12.0. The molecular weight excluding hydrogens is 487 g/mol. The van der Waals surface area contributed by atoms with Crippen LogP contribution in [0.1, 0.15) is 42.9 Å². The van der Waals surface area contributed by atoms with Gasteiger partial charge >= 0.3 is 6.18 Å². The molecule has 0 bridgehead atoms. The fourth-order valence-electron chi connectivity index (χ4n) is 4.28. The summed E-state index contributed by atoms with van der Waals surface area (Å²) >= 11 is 0. The Bertz CT molecular complexity index is 1230. The van der Waals surface area contributed by atoms with Crippen LogP contribution in [0.5, 0.6) is 0 Å². The molecule has 1 aromatic carbocycles. The maximum absolute atomic E-state index is 13.5. The fourth-order valence-corrected chi connectivity index (χ4v) is 4.28. The number of rotatable bonds is 6. The number of nitrogens with one attached hydrogen (secondary N) is 1. The highest BCUT2D eigenvalue weighted by molar-refractivity contribution is 6.04. The van der Waals surface area contributed by atoms with Gasteiger partial charge in [0.25, 0.3) is 5.91 Å². The number of benzene rings is 1. The molecule has 0 radical (unpaired) electrons. The molecule has 2 aromatic heterocycles. The van der Waals surface area contributed by atoms with Gasteiger partial charge in [-0.2, -0.15) is 13.2 Å². The Morgan fingerprint density at radius 2 is 1.78 bits per heavy atom. The van der Waals surface area contributed by atoms with E-state index in [0.29, 0.717) is 24.5 Å². The van der Waals surface area contributed by atoms with Gasteiger partial charge in [0.1, 0.15) is 5.82 Å². The first-order chi connectivity index (χ1) is 17.5. The second kappa shape index (κ2) is 10.6. The predicted octanol–water partition coefficient (Wildman–Crippen LogP) is 5.09. The second-order valence-electron chi connectivity index (χ2n) is 9.24. The smallest absolute Gasteiger partial charge is 0.431 e. The minimum absolute atomic E-state index is 0.0539. The number of aromatic nitrogens is 2. The summed E-state index contributed by atoms with van der Waals surface area (Å²) in [4.78, 5) is 37.1. The maximum atomic E-state index is 13.5. The van der Waals surface area contributed by atoms with Crippen molar-refractivity contribution >= 4 is 23.3 Å². The minimum Gasteiger partial charge on any atom is -0.431 e. The fraction of sp³-hybridized carbons (Fsp3) is 0.385. The molecule has 0 spiro atoms. The normalized spacial score (nSPS) is 14.6. The Labute approximate surface area is 212 Å². The molecule has 1 saturated heterocycles. The quantitative estimate of drug-likeness (QED) is 0.492. The molecule has 0 saturated carbocycles. The molecule has 0 atom stereocenters. The number of carbonyl (C=O) groups excluding carboxylic acids is 2. The van der Waals surface area contributed by atoms with Gasteiger partial charge in [-0.15, -0.1) is 0 Å². The third-order valence-electron chi connectivity index (χ3n) is 6.30. The number of anilines is 2. The van der Waals surface area contributed by atoms with E-state index in [-0.39, 0.29) is 29.4 Å². The predicted molar refractivity (Wildman–Crippen MR) is 132 cm³/mol. The van der Waals surface area contributed by atoms with Crippen LogP contribution in [0.2, 0.25) is 0 Å². The van der Waals surface area contributed by atoms with Crippen molar-refractivity contribution in [2.75, 3.05) is 30.4 Å². The van der Waals surface area contributed by atoms with E-state index in [4.69, 9.17) is 4.42 Å². The Morgan fingerprint density at radius 1 is 1.11 bits per heavy atom. The van der Waals surface area contributed by atoms with Gasteiger partial charge in [-0.1, -0.05) is 32.0 Å². The molecule has 11 heteroatoms. The van der Waals surface area contributed by atoms with Crippen molar-refractivity contribution in [1.82, 2.24) is 14.9 Å². The van der Waals surface area contributed by atoms with Crippen molar-refractivity contribution in [1.29, 1.82) is 0 Å². The zero-order chi connectivity index (χ0) is 26.7. The monoisotopic (exact) mass is 515 g/mol. The molecule has 196 valence electrons. The van der Waals surface area contributed by atoms with Crippen LogP contribution in [0.15, 0.2) is 53.1 Å². The van der Waals surface area contributed by atoms with Crippen LogP contribution < -0.4 is 10.2 Å². The van der Waals surface area contributed by atoms with Crippen molar-refractivity contribution in [2.45, 2.75) is 38.9 Å². The summed E-state index contributed by atoms with van der Waals surface area (Å²) in [6.45, 7) is 5.17. The van der Waals surface area contributed by atoms with Crippen molar-refractivity contribution in [3.05, 3.63) is 60.1 Å². The summed E-state index contributed by atoms with van der Waals surface area (Å²) in [5.41, 5.74) is -0.303. The first kappa shape index (κ1) is 26.2. The van der Waals surface area contributed by atoms with Gasteiger partial charge < -0.3 is 19.5 Å². The van der Waals surface area contributed by atoms with Crippen LogP contribution in [0.4, 0.5) is 24.7 Å². The molecule has 3 heterocycles. The number of hydrogen-bond acceptors (Lipinski definition) is 6. The zero-order valence-corrected chi connectivity index (χ0v) is 20.7. The molecule has 1 N–H and O–H groups in total. The lowest BCUT2D eigenvalue weighted by Crippen LogP contribution is -2.47. The van der Waals surface area contributed by atoms with E-state index in [2.05, 4.69) is 20.2 Å². The molecule has 37 heavy (non-hydrogen) atoms. The number of alkyl halides is 3. The van der Waals surface area contributed by atoms with E-state index < -0.39 is 23.5 Å². The van der Waals surface area contributed by atoms with Crippen molar-refractivity contribution in [3.63, 3.8) is 0 Å². The molecule has 2 amide bonds. The molecule has 3 aromatic rings. The summed E-state index contributed by atoms with van der Waals surface area (Å²) in [5.74, 6) is -2.06. The van der Waals surface area contributed by atoms with Gasteiger partial charge in [0.2, 0.25) is 17.6 Å². The van der Waals surface area contributed by atoms with E-state index in [0.717, 1.165) is 12.8 Å². The van der Waals surface area contributed by atoms with E-state index in [1.165, 1.54) is 6.20 Å². The maximum Gasteiger partial charge on any atom is 0.452 e. The summed E-state index contributed by atoms with van der Waals surface area (Å²) in [6, 6.07) is 11.5. The molecular formula is C26H28F3N5O3. The van der Waals surface area contributed by atoms with Crippen LogP contribution in [-0.2, 0) is 11.0 Å². The summed E-state index contributed by atoms with van der Waals surface area (Å²) in [7, 11) is 1.83. The van der Waals surface area contributed by atoms with E-state index in [1.807, 2.05) is 25.8 Å². The third-order valence-corrected chi connectivity index (χ3v) is 6.30. The van der Waals surface area contributed by atoms with Crippen LogP contribution in [0, 0.1) is 5.92 Å². The van der Waals surface area contributed by atoms with Crippen LogP contribution in [0.3, 0.4) is 0 Å². The van der Waals surface area contributed by atoms with E-state index in [9.17, 15) is 22.8 Å². The molecule has 8 nitrogen and oxygen atoms in total. The largest absolute Gasteiger partial charge is 0.452 e. The second-order valence-corrected chi connectivity index (χ2v) is 9.24. The zero-order valence-electron chi connectivity index (χ0n) is 20.7. The van der Waals surface area contributed by atoms with Gasteiger partial charge in [0.15, 0.2) is 5.69 Å². The molecule has 0 unspecified atom stereocenters. The summed E-state index contributed by atoms with van der Waals surface area (Å²) in [5, 5.41) is 2.42. The topological polar surface area (TPSA) is 91.6 Å². The van der Waals surface area contributed by atoms with Crippen LogP contribution in [-0.4, -0.2) is 52.9 Å². The molecule has 4 rings (SSSR count). The molecule has 1 fully saturated rings.